The highest BCUT2D eigenvalue weighted by atomic mass is 35.5. The SMILES string of the molecule is Cn1c(=O)[nH]c(=O)c2c1nc(SCCC(=O)[O-])n2Cc1ccccc1Cl. The number of aryl methyl sites for hydroxylation is 1. The summed E-state index contributed by atoms with van der Waals surface area (Å²) in [6.45, 7) is 0.255. The third-order valence-corrected chi connectivity index (χ3v) is 5.14. The summed E-state index contributed by atoms with van der Waals surface area (Å²) in [6.07, 6.45) is -0.157. The standard InChI is InChI=1S/C16H15ClN4O4S/c1-20-13-12(14(24)19-15(20)25)21(8-9-4-2-3-5-10(9)17)16(18-13)26-7-6-11(22)23/h2-5H,6-8H2,1H3,(H,22,23)(H,19,24,25)/p-1. The Morgan fingerprint density at radius 3 is 2.77 bits per heavy atom. The van der Waals surface area contributed by atoms with Crippen LogP contribution in [0.15, 0.2) is 39.0 Å². The lowest BCUT2D eigenvalue weighted by Gasteiger charge is -2.10. The second kappa shape index (κ2) is 7.38. The van der Waals surface area contributed by atoms with Gasteiger partial charge in [-0.3, -0.25) is 14.3 Å². The number of H-pyrrole nitrogens is 1. The van der Waals surface area contributed by atoms with Gasteiger partial charge in [0.1, 0.15) is 0 Å². The Morgan fingerprint density at radius 1 is 1.35 bits per heavy atom. The zero-order valence-corrected chi connectivity index (χ0v) is 15.3. The van der Waals surface area contributed by atoms with Crippen LogP contribution in [0.5, 0.6) is 0 Å². The van der Waals surface area contributed by atoms with Gasteiger partial charge in [-0.15, -0.1) is 0 Å². The van der Waals surface area contributed by atoms with Crippen LogP contribution in [0.1, 0.15) is 12.0 Å². The van der Waals surface area contributed by atoms with Crippen LogP contribution in [-0.2, 0) is 18.4 Å². The normalized spacial score (nSPS) is 11.2. The number of hydrogen-bond acceptors (Lipinski definition) is 6. The van der Waals surface area contributed by atoms with Gasteiger partial charge in [0, 0.05) is 23.8 Å². The van der Waals surface area contributed by atoms with Crippen molar-refractivity contribution in [3.8, 4) is 0 Å². The number of benzene rings is 1. The van der Waals surface area contributed by atoms with Crippen LogP contribution in [0.4, 0.5) is 0 Å². The number of halogens is 1. The molecular formula is C16H14ClN4O4S-. The molecule has 3 rings (SSSR count). The summed E-state index contributed by atoms with van der Waals surface area (Å²) in [5.41, 5.74) is 0.0822. The summed E-state index contributed by atoms with van der Waals surface area (Å²) in [5, 5.41) is 11.6. The lowest BCUT2D eigenvalue weighted by molar-refractivity contribution is -0.305. The molecule has 10 heteroatoms. The molecule has 0 fully saturated rings. The number of aliphatic carboxylic acids is 1. The molecule has 0 bridgehead atoms. The number of imidazole rings is 1. The predicted molar refractivity (Wildman–Crippen MR) is 96.5 cm³/mol. The molecule has 2 aromatic heterocycles. The van der Waals surface area contributed by atoms with Crippen molar-refractivity contribution < 1.29 is 9.90 Å². The van der Waals surface area contributed by atoms with Gasteiger partial charge >= 0.3 is 5.69 Å². The largest absolute Gasteiger partial charge is 0.550 e. The second-order valence-electron chi connectivity index (χ2n) is 5.53. The van der Waals surface area contributed by atoms with Crippen molar-refractivity contribution in [1.29, 1.82) is 0 Å². The average Bonchev–Trinajstić information content (AvgIpc) is 2.94. The summed E-state index contributed by atoms with van der Waals surface area (Å²) < 4.78 is 2.87. The first-order valence-corrected chi connectivity index (χ1v) is 9.00. The van der Waals surface area contributed by atoms with Gasteiger partial charge in [0.2, 0.25) is 0 Å². The smallest absolute Gasteiger partial charge is 0.329 e. The predicted octanol–water partition coefficient (Wildman–Crippen LogP) is 0.357. The number of carboxylic acid groups (broad SMARTS) is 1. The van der Waals surface area contributed by atoms with Gasteiger partial charge < -0.3 is 14.5 Å². The number of carboxylic acids is 1. The number of carbonyl (C=O) groups is 1. The summed E-state index contributed by atoms with van der Waals surface area (Å²) in [6, 6.07) is 7.17. The first-order chi connectivity index (χ1) is 12.4. The number of fused-ring (bicyclic) bond motifs is 1. The van der Waals surface area contributed by atoms with Gasteiger partial charge in [-0.2, -0.15) is 0 Å². The third-order valence-electron chi connectivity index (χ3n) is 3.80. The number of aromatic amines is 1. The summed E-state index contributed by atoms with van der Waals surface area (Å²) in [7, 11) is 1.50. The fraction of sp³-hybridized carbons (Fsp3) is 0.250. The van der Waals surface area contributed by atoms with E-state index in [2.05, 4.69) is 9.97 Å². The van der Waals surface area contributed by atoms with E-state index in [1.807, 2.05) is 12.1 Å². The van der Waals surface area contributed by atoms with Crippen molar-refractivity contribution in [2.45, 2.75) is 18.1 Å². The molecule has 0 spiro atoms. The Labute approximate surface area is 156 Å². The molecule has 2 heterocycles. The van der Waals surface area contributed by atoms with Crippen LogP contribution in [0.25, 0.3) is 11.2 Å². The van der Waals surface area contributed by atoms with Crippen molar-refractivity contribution in [2.24, 2.45) is 7.05 Å². The van der Waals surface area contributed by atoms with Gasteiger partial charge in [0.05, 0.1) is 6.54 Å². The zero-order valence-electron chi connectivity index (χ0n) is 13.7. The molecular weight excluding hydrogens is 380 g/mol. The summed E-state index contributed by atoms with van der Waals surface area (Å²) in [4.78, 5) is 41.5. The molecule has 0 aliphatic carbocycles. The quantitative estimate of drug-likeness (QED) is 0.605. The van der Waals surface area contributed by atoms with Crippen molar-refractivity contribution in [1.82, 2.24) is 19.1 Å². The maximum Gasteiger partial charge on any atom is 0.329 e. The number of hydrogen-bond donors (Lipinski definition) is 1. The van der Waals surface area contributed by atoms with E-state index < -0.39 is 17.2 Å². The van der Waals surface area contributed by atoms with E-state index in [1.54, 1.807) is 16.7 Å². The molecule has 3 aromatic rings. The average molecular weight is 394 g/mol. The van der Waals surface area contributed by atoms with E-state index in [1.165, 1.54) is 23.4 Å². The van der Waals surface area contributed by atoms with Crippen LogP contribution >= 0.6 is 23.4 Å². The molecule has 1 N–H and O–H groups in total. The van der Waals surface area contributed by atoms with Crippen LogP contribution in [0, 0.1) is 0 Å². The minimum absolute atomic E-state index is 0.157. The van der Waals surface area contributed by atoms with Gasteiger partial charge in [0.15, 0.2) is 16.3 Å². The molecule has 0 amide bonds. The monoisotopic (exact) mass is 393 g/mol. The number of rotatable bonds is 6. The maximum atomic E-state index is 12.4. The van der Waals surface area contributed by atoms with Crippen molar-refractivity contribution in [3.05, 3.63) is 55.7 Å². The number of nitrogens with one attached hydrogen (secondary N) is 1. The van der Waals surface area contributed by atoms with E-state index in [4.69, 9.17) is 11.6 Å². The maximum absolute atomic E-state index is 12.4. The fourth-order valence-electron chi connectivity index (χ4n) is 2.49. The molecule has 0 atom stereocenters. The lowest BCUT2D eigenvalue weighted by Crippen LogP contribution is -2.29. The van der Waals surface area contributed by atoms with E-state index in [0.717, 1.165) is 5.56 Å². The highest BCUT2D eigenvalue weighted by Gasteiger charge is 2.18. The Kier molecular flexibility index (Phi) is 5.19. The molecule has 0 unspecified atom stereocenters. The molecule has 0 aliphatic heterocycles. The highest BCUT2D eigenvalue weighted by molar-refractivity contribution is 7.99. The van der Waals surface area contributed by atoms with Crippen LogP contribution in [-0.4, -0.2) is 30.8 Å². The topological polar surface area (TPSA) is 113 Å². The fourth-order valence-corrected chi connectivity index (χ4v) is 3.60. The van der Waals surface area contributed by atoms with E-state index >= 15 is 0 Å². The van der Waals surface area contributed by atoms with Gasteiger partial charge in [-0.25, -0.2) is 9.78 Å². The Balaban J connectivity index is 2.15. The highest BCUT2D eigenvalue weighted by Crippen LogP contribution is 2.25. The summed E-state index contributed by atoms with van der Waals surface area (Å²) in [5.74, 6) is -0.948. The molecule has 0 saturated heterocycles. The second-order valence-corrected chi connectivity index (χ2v) is 7.00. The number of carbonyl (C=O) groups excluding carboxylic acids is 1. The first-order valence-electron chi connectivity index (χ1n) is 7.64. The van der Waals surface area contributed by atoms with Gasteiger partial charge in [-0.1, -0.05) is 41.6 Å². The Hall–Kier alpha value is -2.52. The van der Waals surface area contributed by atoms with Gasteiger partial charge in [-0.05, 0) is 18.1 Å². The van der Waals surface area contributed by atoms with E-state index in [0.29, 0.717) is 10.2 Å². The Bertz CT molecular complexity index is 1100. The van der Waals surface area contributed by atoms with Gasteiger partial charge in [0.25, 0.3) is 5.56 Å². The van der Waals surface area contributed by atoms with Crippen LogP contribution < -0.4 is 16.4 Å². The molecule has 0 aliphatic rings. The number of aromatic nitrogens is 4. The van der Waals surface area contributed by atoms with Crippen molar-refractivity contribution >= 4 is 40.5 Å². The van der Waals surface area contributed by atoms with Crippen LogP contribution in [0.3, 0.4) is 0 Å². The van der Waals surface area contributed by atoms with E-state index in [9.17, 15) is 19.5 Å². The molecule has 0 saturated carbocycles. The number of nitrogens with zero attached hydrogens (tertiary/aromatic N) is 3. The minimum Gasteiger partial charge on any atom is -0.550 e. The van der Waals surface area contributed by atoms with Crippen molar-refractivity contribution in [3.63, 3.8) is 0 Å². The minimum atomic E-state index is -1.17. The lowest BCUT2D eigenvalue weighted by atomic mass is 10.2. The molecule has 8 nitrogen and oxygen atoms in total. The Morgan fingerprint density at radius 2 is 2.08 bits per heavy atom. The number of thioether (sulfide) groups is 1. The van der Waals surface area contributed by atoms with Crippen molar-refractivity contribution in [2.75, 3.05) is 5.75 Å². The molecule has 26 heavy (non-hydrogen) atoms. The molecule has 1 aromatic carbocycles. The first kappa shape index (κ1) is 18.3. The van der Waals surface area contributed by atoms with E-state index in [-0.39, 0.29) is 29.9 Å². The van der Waals surface area contributed by atoms with Crippen LogP contribution in [0.2, 0.25) is 5.02 Å². The molecule has 0 radical (unpaired) electrons. The zero-order chi connectivity index (χ0) is 18.8. The third kappa shape index (κ3) is 3.54. The summed E-state index contributed by atoms with van der Waals surface area (Å²) >= 11 is 7.39. The molecule has 136 valence electrons.